The smallest absolute Gasteiger partial charge is 0.274 e. The van der Waals surface area contributed by atoms with Crippen LogP contribution >= 0.6 is 0 Å². The van der Waals surface area contributed by atoms with Crippen molar-refractivity contribution in [2.45, 2.75) is 46.2 Å². The highest BCUT2D eigenvalue weighted by molar-refractivity contribution is 5.92. The number of carbonyl (C=O) groups excluding carboxylic acids is 1. The first-order chi connectivity index (χ1) is 10.1. The molecule has 0 saturated heterocycles. The molecule has 0 unspecified atom stereocenters. The van der Waals surface area contributed by atoms with Crippen LogP contribution in [0.5, 0.6) is 0 Å². The summed E-state index contributed by atoms with van der Waals surface area (Å²) in [4.78, 5) is 18.8. The molecule has 3 heterocycles. The minimum atomic E-state index is -0.0399. The van der Waals surface area contributed by atoms with E-state index in [-0.39, 0.29) is 11.8 Å². The Morgan fingerprint density at radius 2 is 2.29 bits per heavy atom. The molecule has 0 radical (unpaired) electrons. The molecule has 0 atom stereocenters. The van der Waals surface area contributed by atoms with E-state index in [9.17, 15) is 4.79 Å². The highest BCUT2D eigenvalue weighted by Gasteiger charge is 2.27. The van der Waals surface area contributed by atoms with Gasteiger partial charge in [-0.1, -0.05) is 13.8 Å². The number of rotatable bonds is 3. The highest BCUT2D eigenvalue weighted by Crippen LogP contribution is 2.24. The summed E-state index contributed by atoms with van der Waals surface area (Å²) >= 11 is 0. The Morgan fingerprint density at radius 1 is 1.48 bits per heavy atom. The molecule has 6 nitrogen and oxygen atoms in total. The summed E-state index contributed by atoms with van der Waals surface area (Å²) in [5.74, 6) is 1.90. The molecule has 1 aliphatic rings. The summed E-state index contributed by atoms with van der Waals surface area (Å²) in [6.07, 6.45) is 2.55. The summed E-state index contributed by atoms with van der Waals surface area (Å²) in [5, 5.41) is 4.27. The topological polar surface area (TPSA) is 64.2 Å². The van der Waals surface area contributed by atoms with Crippen LogP contribution in [0.25, 0.3) is 0 Å². The molecule has 1 aliphatic heterocycles. The van der Waals surface area contributed by atoms with Crippen molar-refractivity contribution in [3.8, 4) is 0 Å². The van der Waals surface area contributed by atoms with Crippen LogP contribution in [0.3, 0.4) is 0 Å². The third-order valence-electron chi connectivity index (χ3n) is 3.71. The van der Waals surface area contributed by atoms with E-state index in [1.54, 1.807) is 15.6 Å². The second-order valence-corrected chi connectivity index (χ2v) is 5.61. The van der Waals surface area contributed by atoms with E-state index in [0.29, 0.717) is 18.8 Å². The number of nitrogens with zero attached hydrogens (tertiary/aromatic N) is 4. The van der Waals surface area contributed by atoms with Crippen molar-refractivity contribution in [3.05, 3.63) is 35.3 Å². The maximum Gasteiger partial charge on any atom is 0.274 e. The molecule has 1 amide bonds. The molecule has 0 bridgehead atoms. The van der Waals surface area contributed by atoms with Gasteiger partial charge in [0.15, 0.2) is 5.89 Å². The number of hydrogen-bond donors (Lipinski definition) is 0. The van der Waals surface area contributed by atoms with Gasteiger partial charge in [0, 0.05) is 31.6 Å². The van der Waals surface area contributed by atoms with E-state index in [1.165, 1.54) is 0 Å². The molecule has 2 aromatic heterocycles. The molecule has 0 aromatic carbocycles. The standard InChI is InChI=1S/C15H20N4O2/c1-4-19-8-5-11(17-19)15(20)18-7-6-13-12(9-18)16-14(21-13)10(2)3/h5,8,10H,4,6-7,9H2,1-3H3. The lowest BCUT2D eigenvalue weighted by atomic mass is 10.1. The van der Waals surface area contributed by atoms with Crippen LogP contribution in [0, 0.1) is 0 Å². The van der Waals surface area contributed by atoms with Gasteiger partial charge in [-0.3, -0.25) is 9.48 Å². The van der Waals surface area contributed by atoms with Gasteiger partial charge in [-0.15, -0.1) is 0 Å². The average Bonchev–Trinajstić information content (AvgIpc) is 3.12. The van der Waals surface area contributed by atoms with Crippen molar-refractivity contribution in [1.82, 2.24) is 19.7 Å². The maximum atomic E-state index is 12.5. The lowest BCUT2D eigenvalue weighted by Crippen LogP contribution is -2.36. The van der Waals surface area contributed by atoms with Crippen molar-refractivity contribution < 1.29 is 9.21 Å². The third-order valence-corrected chi connectivity index (χ3v) is 3.71. The molecule has 0 spiro atoms. The summed E-state index contributed by atoms with van der Waals surface area (Å²) in [6, 6.07) is 1.77. The van der Waals surface area contributed by atoms with Crippen molar-refractivity contribution >= 4 is 5.91 Å². The molecule has 0 saturated carbocycles. The van der Waals surface area contributed by atoms with Crippen molar-refractivity contribution in [1.29, 1.82) is 0 Å². The van der Waals surface area contributed by atoms with E-state index in [4.69, 9.17) is 4.42 Å². The Kier molecular flexibility index (Phi) is 3.53. The number of aromatic nitrogens is 3. The first kappa shape index (κ1) is 13.9. The molecule has 0 N–H and O–H groups in total. The molecule has 21 heavy (non-hydrogen) atoms. The maximum absolute atomic E-state index is 12.5. The fourth-order valence-corrected chi connectivity index (χ4v) is 2.45. The minimum Gasteiger partial charge on any atom is -0.445 e. The third kappa shape index (κ3) is 2.57. The molecule has 6 heteroatoms. The van der Waals surface area contributed by atoms with Crippen LogP contribution in [-0.2, 0) is 19.5 Å². The van der Waals surface area contributed by atoms with Crippen molar-refractivity contribution in [2.24, 2.45) is 0 Å². The molecule has 112 valence electrons. The Hall–Kier alpha value is -2.11. The van der Waals surface area contributed by atoms with Crippen LogP contribution in [-0.4, -0.2) is 32.1 Å². The fraction of sp³-hybridized carbons (Fsp3) is 0.533. The van der Waals surface area contributed by atoms with Gasteiger partial charge < -0.3 is 9.32 Å². The summed E-state index contributed by atoms with van der Waals surface area (Å²) in [5.41, 5.74) is 1.38. The van der Waals surface area contributed by atoms with E-state index < -0.39 is 0 Å². The van der Waals surface area contributed by atoms with Gasteiger partial charge in [-0.25, -0.2) is 4.98 Å². The largest absolute Gasteiger partial charge is 0.445 e. The number of carbonyl (C=O) groups is 1. The minimum absolute atomic E-state index is 0.0399. The van der Waals surface area contributed by atoms with Crippen LogP contribution in [0.4, 0.5) is 0 Å². The first-order valence-electron chi connectivity index (χ1n) is 7.39. The van der Waals surface area contributed by atoms with Gasteiger partial charge in [-0.2, -0.15) is 5.10 Å². The molecule has 0 aliphatic carbocycles. The van der Waals surface area contributed by atoms with Crippen molar-refractivity contribution in [3.63, 3.8) is 0 Å². The Bertz CT molecular complexity index is 656. The normalized spacial score (nSPS) is 14.6. The summed E-state index contributed by atoms with van der Waals surface area (Å²) < 4.78 is 7.51. The van der Waals surface area contributed by atoms with Crippen LogP contribution in [0.15, 0.2) is 16.7 Å². The van der Waals surface area contributed by atoms with Crippen LogP contribution in [0.1, 0.15) is 54.5 Å². The highest BCUT2D eigenvalue weighted by atomic mass is 16.4. The number of fused-ring (bicyclic) bond motifs is 1. The SMILES string of the molecule is CCn1ccc(C(=O)N2CCc3oc(C(C)C)nc3C2)n1. The van der Waals surface area contributed by atoms with E-state index in [1.807, 2.05) is 13.1 Å². The number of amides is 1. The lowest BCUT2D eigenvalue weighted by molar-refractivity contribution is 0.0721. The van der Waals surface area contributed by atoms with Crippen LogP contribution < -0.4 is 0 Å². The van der Waals surface area contributed by atoms with E-state index in [2.05, 4.69) is 23.9 Å². The van der Waals surface area contributed by atoms with Crippen molar-refractivity contribution in [2.75, 3.05) is 6.54 Å². The number of oxazole rings is 1. The van der Waals surface area contributed by atoms with Gasteiger partial charge >= 0.3 is 0 Å². The van der Waals surface area contributed by atoms with Gasteiger partial charge in [0.2, 0.25) is 0 Å². The van der Waals surface area contributed by atoms with E-state index >= 15 is 0 Å². The van der Waals surface area contributed by atoms with Crippen LogP contribution in [0.2, 0.25) is 0 Å². The predicted octanol–water partition coefficient (Wildman–Crippen LogP) is 2.21. The summed E-state index contributed by atoms with van der Waals surface area (Å²) in [6.45, 7) is 8.02. The summed E-state index contributed by atoms with van der Waals surface area (Å²) in [7, 11) is 0. The fourth-order valence-electron chi connectivity index (χ4n) is 2.45. The second kappa shape index (κ2) is 5.35. The second-order valence-electron chi connectivity index (χ2n) is 5.61. The van der Waals surface area contributed by atoms with Gasteiger partial charge in [0.1, 0.15) is 17.1 Å². The first-order valence-corrected chi connectivity index (χ1v) is 7.39. The zero-order valence-corrected chi connectivity index (χ0v) is 12.7. The Labute approximate surface area is 123 Å². The molecule has 3 rings (SSSR count). The van der Waals surface area contributed by atoms with Gasteiger partial charge in [0.25, 0.3) is 5.91 Å². The Balaban J connectivity index is 1.77. The molecular weight excluding hydrogens is 268 g/mol. The van der Waals surface area contributed by atoms with E-state index in [0.717, 1.165) is 30.3 Å². The quantitative estimate of drug-likeness (QED) is 0.868. The molecular formula is C15H20N4O2. The molecule has 2 aromatic rings. The number of hydrogen-bond acceptors (Lipinski definition) is 4. The predicted molar refractivity (Wildman–Crippen MR) is 76.9 cm³/mol. The average molecular weight is 288 g/mol. The monoisotopic (exact) mass is 288 g/mol. The zero-order valence-electron chi connectivity index (χ0n) is 12.7. The van der Waals surface area contributed by atoms with Gasteiger partial charge in [-0.05, 0) is 13.0 Å². The Morgan fingerprint density at radius 3 is 2.95 bits per heavy atom. The lowest BCUT2D eigenvalue weighted by Gasteiger charge is -2.24. The number of aryl methyl sites for hydroxylation is 1. The van der Waals surface area contributed by atoms with Gasteiger partial charge in [0.05, 0.1) is 6.54 Å². The zero-order chi connectivity index (χ0) is 15.0. The molecule has 0 fully saturated rings.